The molecule has 1 N–H and O–H groups in total. The van der Waals surface area contributed by atoms with Gasteiger partial charge in [0.25, 0.3) is 0 Å². The second kappa shape index (κ2) is 12.9. The number of aryl methyl sites for hydroxylation is 3. The summed E-state index contributed by atoms with van der Waals surface area (Å²) in [6, 6.07) is 14.9. The number of benzene rings is 2. The van der Waals surface area contributed by atoms with E-state index in [2.05, 4.69) is 9.71 Å². The third-order valence-electron chi connectivity index (χ3n) is 5.53. The van der Waals surface area contributed by atoms with Crippen molar-refractivity contribution in [3.8, 4) is 5.75 Å². The molecular weight excluding hydrogens is 490 g/mol. The zero-order valence-electron chi connectivity index (χ0n) is 22.0. The third-order valence-corrected chi connectivity index (χ3v) is 7.02. The maximum absolute atomic E-state index is 12.8. The Bertz CT molecular complexity index is 1230. The predicted molar refractivity (Wildman–Crippen MR) is 143 cm³/mol. The van der Waals surface area contributed by atoms with Crippen molar-refractivity contribution in [1.29, 1.82) is 0 Å². The van der Waals surface area contributed by atoms with Gasteiger partial charge in [0, 0.05) is 13.2 Å². The number of hydrogen-bond donors (Lipinski definition) is 1. The highest BCUT2D eigenvalue weighted by Crippen LogP contribution is 2.18. The average molecular weight is 528 g/mol. The number of imidazole rings is 1. The predicted octanol–water partition coefficient (Wildman–Crippen LogP) is 4.44. The molecule has 0 aliphatic heterocycles. The number of carbonyl (C=O) groups excluding carboxylic acids is 1. The highest BCUT2D eigenvalue weighted by molar-refractivity contribution is 7.89. The van der Waals surface area contributed by atoms with Crippen LogP contribution in [0.4, 0.5) is 0 Å². The molecule has 0 saturated heterocycles. The Morgan fingerprint density at radius 2 is 1.73 bits per heavy atom. The van der Waals surface area contributed by atoms with Gasteiger partial charge in [0.05, 0.1) is 23.5 Å². The van der Waals surface area contributed by atoms with Crippen LogP contribution in [0, 0.1) is 0 Å². The van der Waals surface area contributed by atoms with E-state index in [0.29, 0.717) is 25.9 Å². The second-order valence-electron chi connectivity index (χ2n) is 10.0. The van der Waals surface area contributed by atoms with Gasteiger partial charge in [-0.15, -0.1) is 0 Å². The molecule has 0 aliphatic rings. The number of nitrogens with one attached hydrogen (secondary N) is 1. The van der Waals surface area contributed by atoms with Crippen LogP contribution in [0.15, 0.2) is 72.0 Å². The summed E-state index contributed by atoms with van der Waals surface area (Å²) in [4.78, 5) is 17.2. The molecule has 3 rings (SSSR count). The van der Waals surface area contributed by atoms with E-state index in [4.69, 9.17) is 9.47 Å². The van der Waals surface area contributed by atoms with Crippen LogP contribution < -0.4 is 9.46 Å². The Labute approximate surface area is 220 Å². The van der Waals surface area contributed by atoms with E-state index in [-0.39, 0.29) is 4.90 Å². The summed E-state index contributed by atoms with van der Waals surface area (Å²) in [5, 5.41) is 0. The Morgan fingerprint density at radius 3 is 2.35 bits per heavy atom. The van der Waals surface area contributed by atoms with Crippen LogP contribution >= 0.6 is 0 Å². The van der Waals surface area contributed by atoms with E-state index in [1.165, 1.54) is 12.1 Å². The minimum atomic E-state index is -3.86. The maximum atomic E-state index is 12.8. The van der Waals surface area contributed by atoms with Crippen LogP contribution in [-0.4, -0.2) is 42.2 Å². The van der Waals surface area contributed by atoms with E-state index in [0.717, 1.165) is 29.8 Å². The Balaban J connectivity index is 1.51. The zero-order chi connectivity index (χ0) is 26.9. The van der Waals surface area contributed by atoms with Crippen LogP contribution in [-0.2, 0) is 39.4 Å². The van der Waals surface area contributed by atoms with Crippen molar-refractivity contribution < 1.29 is 22.7 Å². The summed E-state index contributed by atoms with van der Waals surface area (Å²) in [7, 11) is -1.91. The number of hydrogen-bond acceptors (Lipinski definition) is 6. The molecule has 1 atom stereocenters. The lowest BCUT2D eigenvalue weighted by Gasteiger charge is -2.24. The molecule has 0 fully saturated rings. The Kier molecular flexibility index (Phi) is 9.88. The second-order valence-corrected chi connectivity index (χ2v) is 11.8. The minimum Gasteiger partial charge on any atom is -0.494 e. The summed E-state index contributed by atoms with van der Waals surface area (Å²) < 4.78 is 41.5. The van der Waals surface area contributed by atoms with Gasteiger partial charge in [-0.25, -0.2) is 13.4 Å². The summed E-state index contributed by atoms with van der Waals surface area (Å²) >= 11 is 0. The highest BCUT2D eigenvalue weighted by Gasteiger charge is 2.29. The fraction of sp³-hybridized carbons (Fsp3) is 0.429. The average Bonchev–Trinajstić information content (AvgIpc) is 3.26. The van der Waals surface area contributed by atoms with Crippen molar-refractivity contribution in [2.75, 3.05) is 6.61 Å². The molecule has 0 saturated carbocycles. The Morgan fingerprint density at radius 1 is 1.03 bits per heavy atom. The molecule has 9 heteroatoms. The molecule has 200 valence electrons. The van der Waals surface area contributed by atoms with E-state index < -0.39 is 27.6 Å². The minimum absolute atomic E-state index is 0.110. The van der Waals surface area contributed by atoms with Crippen molar-refractivity contribution in [3.05, 3.63) is 78.4 Å². The fourth-order valence-corrected chi connectivity index (χ4v) is 4.99. The van der Waals surface area contributed by atoms with Gasteiger partial charge < -0.3 is 14.0 Å². The lowest BCUT2D eigenvalue weighted by molar-refractivity contribution is -0.157. The first kappa shape index (κ1) is 28.4. The van der Waals surface area contributed by atoms with Crippen LogP contribution in [0.5, 0.6) is 5.75 Å². The molecule has 0 unspecified atom stereocenters. The van der Waals surface area contributed by atoms with Crippen LogP contribution in [0.25, 0.3) is 0 Å². The van der Waals surface area contributed by atoms with Gasteiger partial charge >= 0.3 is 5.97 Å². The van der Waals surface area contributed by atoms with E-state index in [1.807, 2.05) is 42.1 Å². The summed E-state index contributed by atoms with van der Waals surface area (Å²) in [6.45, 7) is 5.89. The van der Waals surface area contributed by atoms with E-state index in [9.17, 15) is 13.2 Å². The monoisotopic (exact) mass is 527 g/mol. The number of esters is 1. The van der Waals surface area contributed by atoms with Gasteiger partial charge in [-0.2, -0.15) is 4.72 Å². The van der Waals surface area contributed by atoms with Crippen LogP contribution in [0.2, 0.25) is 0 Å². The molecule has 3 aromatic rings. The van der Waals surface area contributed by atoms with Gasteiger partial charge in [0.15, 0.2) is 0 Å². The zero-order valence-corrected chi connectivity index (χ0v) is 22.8. The molecule has 8 nitrogen and oxygen atoms in total. The fourth-order valence-electron chi connectivity index (χ4n) is 3.75. The van der Waals surface area contributed by atoms with Crippen LogP contribution in [0.1, 0.15) is 51.3 Å². The SMILES string of the molecule is Cn1cnc(CCCOc2ccc(CCC[C@H](NS(=O)(=O)c3ccccc3)C(=O)OC(C)(C)C)cc2)c1. The highest BCUT2D eigenvalue weighted by atomic mass is 32.2. The number of ether oxygens (including phenoxy) is 2. The molecule has 0 aliphatic carbocycles. The van der Waals surface area contributed by atoms with Crippen molar-refractivity contribution in [2.24, 2.45) is 7.05 Å². The van der Waals surface area contributed by atoms with Gasteiger partial charge in [-0.05, 0) is 82.7 Å². The molecule has 0 radical (unpaired) electrons. The number of sulfonamides is 1. The largest absolute Gasteiger partial charge is 0.494 e. The topological polar surface area (TPSA) is 99.5 Å². The molecule has 0 spiro atoms. The molecule has 1 aromatic heterocycles. The smallest absolute Gasteiger partial charge is 0.324 e. The molecule has 1 heterocycles. The van der Waals surface area contributed by atoms with Crippen molar-refractivity contribution in [2.45, 2.75) is 69.4 Å². The summed E-state index contributed by atoms with van der Waals surface area (Å²) in [5.74, 6) is 0.216. The number of nitrogens with zero attached hydrogens (tertiary/aromatic N) is 2. The van der Waals surface area contributed by atoms with Gasteiger partial charge in [-0.3, -0.25) is 4.79 Å². The van der Waals surface area contributed by atoms with E-state index in [1.54, 1.807) is 45.3 Å². The first-order valence-corrected chi connectivity index (χ1v) is 14.0. The van der Waals surface area contributed by atoms with Gasteiger partial charge in [0.1, 0.15) is 17.4 Å². The van der Waals surface area contributed by atoms with Crippen LogP contribution in [0.3, 0.4) is 0 Å². The molecule has 2 aromatic carbocycles. The lowest BCUT2D eigenvalue weighted by atomic mass is 10.0. The third kappa shape index (κ3) is 9.66. The maximum Gasteiger partial charge on any atom is 0.324 e. The number of aromatic nitrogens is 2. The van der Waals surface area contributed by atoms with E-state index >= 15 is 0 Å². The number of carbonyl (C=O) groups is 1. The summed E-state index contributed by atoms with van der Waals surface area (Å²) in [5.41, 5.74) is 1.41. The normalized spacial score (nSPS) is 12.8. The Hall–Kier alpha value is -3.17. The standard InChI is InChI=1S/C28H37N3O5S/c1-28(2,3)36-27(32)26(30-37(33,34)25-12-6-5-7-13-25)14-8-10-22-15-17-24(18-16-22)35-19-9-11-23-20-31(4)21-29-23/h5-7,12-13,15-18,20-21,26,30H,8-11,14,19H2,1-4H3/t26-/m0/s1. The van der Waals surface area contributed by atoms with Gasteiger partial charge in [0.2, 0.25) is 10.0 Å². The first-order valence-electron chi connectivity index (χ1n) is 12.5. The number of rotatable bonds is 13. The quantitative estimate of drug-likeness (QED) is 0.261. The first-order chi connectivity index (χ1) is 17.5. The van der Waals surface area contributed by atoms with Crippen molar-refractivity contribution in [1.82, 2.24) is 14.3 Å². The molecule has 0 amide bonds. The molecule has 0 bridgehead atoms. The lowest BCUT2D eigenvalue weighted by Crippen LogP contribution is -2.44. The van der Waals surface area contributed by atoms with Crippen molar-refractivity contribution >= 4 is 16.0 Å². The van der Waals surface area contributed by atoms with Gasteiger partial charge in [-0.1, -0.05) is 30.3 Å². The van der Waals surface area contributed by atoms with Crippen molar-refractivity contribution in [3.63, 3.8) is 0 Å². The summed E-state index contributed by atoms with van der Waals surface area (Å²) in [6.07, 6.45) is 7.15. The molecular formula is C28H37N3O5S. The molecule has 37 heavy (non-hydrogen) atoms.